The number of nitrogens with one attached hydrogen (secondary N) is 1. The number of nitriles is 1. The fourth-order valence-corrected chi connectivity index (χ4v) is 2.54. The lowest BCUT2D eigenvalue weighted by Gasteiger charge is -2.22. The largest absolute Gasteiger partial charge is 0.378 e. The topological polar surface area (TPSA) is 59.4 Å². The first-order valence-corrected chi connectivity index (χ1v) is 8.42. The molecular weight excluding hydrogens is 324 g/mol. The molecule has 0 heterocycles. The molecule has 0 aliphatic heterocycles. The summed E-state index contributed by atoms with van der Waals surface area (Å²) in [5.41, 5.74) is 3.65. The number of hydrogen-bond acceptors (Lipinski definition) is 3. The average molecular weight is 348 g/mol. The van der Waals surface area contributed by atoms with Crippen molar-refractivity contribution in [3.63, 3.8) is 0 Å². The molecule has 1 N–H and O–H groups in total. The van der Waals surface area contributed by atoms with Gasteiger partial charge in [0.25, 0.3) is 0 Å². The van der Waals surface area contributed by atoms with E-state index in [0.717, 1.165) is 16.8 Å². The second-order valence-corrected chi connectivity index (χ2v) is 6.20. The fraction of sp³-hybridized carbons (Fsp3) is 0.238. The van der Waals surface area contributed by atoms with Gasteiger partial charge in [-0.05, 0) is 35.4 Å². The molecule has 2 rings (SSSR count). The molecule has 0 bridgehead atoms. The Labute approximate surface area is 155 Å². The zero-order valence-electron chi connectivity index (χ0n) is 15.3. The van der Waals surface area contributed by atoms with Gasteiger partial charge in [-0.2, -0.15) is 5.26 Å². The Morgan fingerprint density at radius 2 is 1.92 bits per heavy atom. The summed E-state index contributed by atoms with van der Waals surface area (Å²) in [5, 5.41) is 12.0. The third-order valence-electron chi connectivity index (χ3n) is 3.96. The Morgan fingerprint density at radius 1 is 1.19 bits per heavy atom. The maximum Gasteiger partial charge on any atom is 0.318 e. The molecule has 5 nitrogen and oxygen atoms in total. The minimum atomic E-state index is -0.163. The third kappa shape index (κ3) is 5.38. The molecule has 5 heteroatoms. The molecule has 0 radical (unpaired) electrons. The van der Waals surface area contributed by atoms with E-state index in [1.165, 1.54) is 0 Å². The van der Waals surface area contributed by atoms with E-state index >= 15 is 0 Å². The molecule has 0 spiro atoms. The summed E-state index contributed by atoms with van der Waals surface area (Å²) in [6.45, 7) is 5.04. The number of anilines is 1. The summed E-state index contributed by atoms with van der Waals surface area (Å²) >= 11 is 0. The first-order chi connectivity index (χ1) is 12.5. The van der Waals surface area contributed by atoms with Crippen LogP contribution in [0.25, 0.3) is 0 Å². The first-order valence-electron chi connectivity index (χ1n) is 8.42. The molecule has 0 aromatic heterocycles. The van der Waals surface area contributed by atoms with E-state index in [4.69, 9.17) is 5.26 Å². The van der Waals surface area contributed by atoms with Crippen LogP contribution in [0.4, 0.5) is 10.5 Å². The van der Waals surface area contributed by atoms with Gasteiger partial charge in [-0.15, -0.1) is 6.58 Å². The van der Waals surface area contributed by atoms with Crippen molar-refractivity contribution in [2.24, 2.45) is 0 Å². The predicted molar refractivity (Wildman–Crippen MR) is 105 cm³/mol. The quantitative estimate of drug-likeness (QED) is 0.779. The summed E-state index contributed by atoms with van der Waals surface area (Å²) in [7, 11) is 3.98. The molecule has 0 saturated carbocycles. The van der Waals surface area contributed by atoms with Gasteiger partial charge in [0.2, 0.25) is 0 Å². The predicted octanol–water partition coefficient (Wildman–Crippen LogP) is 3.52. The number of hydrogen-bond donors (Lipinski definition) is 1. The summed E-state index contributed by atoms with van der Waals surface area (Å²) in [6, 6.07) is 17.3. The van der Waals surface area contributed by atoms with Gasteiger partial charge in [0, 0.05) is 39.4 Å². The highest BCUT2D eigenvalue weighted by Gasteiger charge is 2.12. The Bertz CT molecular complexity index is 790. The molecule has 0 saturated heterocycles. The maximum atomic E-state index is 12.5. The van der Waals surface area contributed by atoms with Gasteiger partial charge in [0.15, 0.2) is 0 Å². The molecule has 0 aliphatic carbocycles. The lowest BCUT2D eigenvalue weighted by Crippen LogP contribution is -2.39. The second-order valence-electron chi connectivity index (χ2n) is 6.20. The second kappa shape index (κ2) is 9.28. The van der Waals surface area contributed by atoms with E-state index in [2.05, 4.69) is 18.0 Å². The van der Waals surface area contributed by atoms with E-state index in [1.54, 1.807) is 23.1 Å². The van der Waals surface area contributed by atoms with Gasteiger partial charge in [-0.25, -0.2) is 4.79 Å². The first kappa shape index (κ1) is 19.1. The van der Waals surface area contributed by atoms with Crippen molar-refractivity contribution < 1.29 is 4.79 Å². The zero-order chi connectivity index (χ0) is 18.9. The average Bonchev–Trinajstić information content (AvgIpc) is 2.66. The summed E-state index contributed by atoms with van der Waals surface area (Å²) in [6.07, 6.45) is 1.69. The van der Waals surface area contributed by atoms with Gasteiger partial charge in [0.05, 0.1) is 11.6 Å². The molecule has 26 heavy (non-hydrogen) atoms. The molecule has 0 unspecified atom stereocenters. The van der Waals surface area contributed by atoms with Crippen LogP contribution < -0.4 is 10.2 Å². The highest BCUT2D eigenvalue weighted by atomic mass is 16.2. The van der Waals surface area contributed by atoms with E-state index in [0.29, 0.717) is 25.2 Å². The normalized spacial score (nSPS) is 9.88. The van der Waals surface area contributed by atoms with Crippen LogP contribution in [0.15, 0.2) is 61.2 Å². The number of carbonyl (C=O) groups excluding carboxylic acids is 1. The molecule has 0 fully saturated rings. The summed E-state index contributed by atoms with van der Waals surface area (Å²) < 4.78 is 0. The summed E-state index contributed by atoms with van der Waals surface area (Å²) in [5.74, 6) is 0. The SMILES string of the molecule is C=CCN(Cc1cccc(C#N)c1)C(=O)NCc1ccc(N(C)C)cc1. The van der Waals surface area contributed by atoms with Crippen molar-refractivity contribution in [2.45, 2.75) is 13.1 Å². The fourth-order valence-electron chi connectivity index (χ4n) is 2.54. The third-order valence-corrected chi connectivity index (χ3v) is 3.96. The number of nitrogens with zero attached hydrogens (tertiary/aromatic N) is 3. The van der Waals surface area contributed by atoms with Crippen LogP contribution in [0.1, 0.15) is 16.7 Å². The highest BCUT2D eigenvalue weighted by Crippen LogP contribution is 2.12. The number of urea groups is 1. The number of benzene rings is 2. The van der Waals surface area contributed by atoms with Crippen molar-refractivity contribution in [2.75, 3.05) is 25.5 Å². The lowest BCUT2D eigenvalue weighted by molar-refractivity contribution is 0.200. The molecule has 2 aromatic carbocycles. The van der Waals surface area contributed by atoms with E-state index in [-0.39, 0.29) is 6.03 Å². The Morgan fingerprint density at radius 3 is 2.54 bits per heavy atom. The molecule has 134 valence electrons. The van der Waals surface area contributed by atoms with Crippen LogP contribution in [0.5, 0.6) is 0 Å². The lowest BCUT2D eigenvalue weighted by atomic mass is 10.1. The Kier molecular flexibility index (Phi) is 6.81. The van der Waals surface area contributed by atoms with Crippen molar-refractivity contribution in [3.05, 3.63) is 77.9 Å². The molecule has 2 amide bonds. The molecule has 2 aromatic rings. The summed E-state index contributed by atoms with van der Waals surface area (Å²) in [4.78, 5) is 16.2. The number of amides is 2. The maximum absolute atomic E-state index is 12.5. The van der Waals surface area contributed by atoms with Crippen LogP contribution in [-0.2, 0) is 13.1 Å². The minimum absolute atomic E-state index is 0.163. The van der Waals surface area contributed by atoms with Crippen LogP contribution >= 0.6 is 0 Å². The molecule has 0 aliphatic rings. The van der Waals surface area contributed by atoms with Gasteiger partial charge in [-0.3, -0.25) is 0 Å². The van der Waals surface area contributed by atoms with Crippen LogP contribution in [0.3, 0.4) is 0 Å². The van der Waals surface area contributed by atoms with Crippen LogP contribution in [-0.4, -0.2) is 31.6 Å². The van der Waals surface area contributed by atoms with Crippen LogP contribution in [0, 0.1) is 11.3 Å². The number of rotatable bonds is 7. The minimum Gasteiger partial charge on any atom is -0.378 e. The molecule has 0 atom stereocenters. The van der Waals surface area contributed by atoms with Crippen molar-refractivity contribution in [1.29, 1.82) is 5.26 Å². The zero-order valence-corrected chi connectivity index (χ0v) is 15.3. The van der Waals surface area contributed by atoms with E-state index in [9.17, 15) is 4.79 Å². The Hall–Kier alpha value is -3.26. The van der Waals surface area contributed by atoms with Gasteiger partial charge >= 0.3 is 6.03 Å². The van der Waals surface area contributed by atoms with E-state index in [1.807, 2.05) is 55.4 Å². The standard InChI is InChI=1S/C21H24N4O/c1-4-12-25(16-19-7-5-6-18(13-19)14-22)21(26)23-15-17-8-10-20(11-9-17)24(2)3/h4-11,13H,1,12,15-16H2,2-3H3,(H,23,26). The van der Waals surface area contributed by atoms with Crippen molar-refractivity contribution >= 4 is 11.7 Å². The van der Waals surface area contributed by atoms with Gasteiger partial charge in [-0.1, -0.05) is 30.3 Å². The smallest absolute Gasteiger partial charge is 0.318 e. The van der Waals surface area contributed by atoms with Gasteiger partial charge in [0.1, 0.15) is 0 Å². The Balaban J connectivity index is 1.99. The van der Waals surface area contributed by atoms with Crippen molar-refractivity contribution in [3.8, 4) is 6.07 Å². The number of carbonyl (C=O) groups is 1. The highest BCUT2D eigenvalue weighted by molar-refractivity contribution is 5.74. The van der Waals surface area contributed by atoms with Crippen molar-refractivity contribution in [1.82, 2.24) is 10.2 Å². The van der Waals surface area contributed by atoms with Crippen LogP contribution in [0.2, 0.25) is 0 Å². The van der Waals surface area contributed by atoms with E-state index < -0.39 is 0 Å². The van der Waals surface area contributed by atoms with Gasteiger partial charge < -0.3 is 15.1 Å². The monoisotopic (exact) mass is 348 g/mol. The molecular formula is C21H24N4O.